The van der Waals surface area contributed by atoms with Gasteiger partial charge in [-0.15, -0.1) is 0 Å². The largest absolute Gasteiger partial charge is 0.382 e. The Morgan fingerprint density at radius 1 is 1.00 bits per heavy atom. The van der Waals surface area contributed by atoms with Crippen LogP contribution in [0, 0.1) is 0 Å². The molecule has 0 bridgehead atoms. The smallest absolute Gasteiger partial charge is 0.0704 e. The molecule has 5 heteroatoms. The zero-order valence-corrected chi connectivity index (χ0v) is 11.7. The van der Waals surface area contributed by atoms with Crippen LogP contribution in [0.5, 0.6) is 0 Å². The molecule has 1 heterocycles. The van der Waals surface area contributed by atoms with E-state index in [1.165, 1.54) is 0 Å². The van der Waals surface area contributed by atoms with Crippen LogP contribution in [0.1, 0.15) is 19.8 Å². The summed E-state index contributed by atoms with van der Waals surface area (Å²) in [5.41, 5.74) is 0. The van der Waals surface area contributed by atoms with E-state index in [9.17, 15) is 0 Å². The zero-order chi connectivity index (χ0) is 13.1. The Morgan fingerprint density at radius 3 is 2.33 bits per heavy atom. The fourth-order valence-electron chi connectivity index (χ4n) is 1.98. The number of methoxy groups -OCH3 is 1. The van der Waals surface area contributed by atoms with Crippen molar-refractivity contribution in [3.05, 3.63) is 0 Å². The van der Waals surface area contributed by atoms with E-state index >= 15 is 0 Å². The molecule has 1 saturated heterocycles. The quantitative estimate of drug-likeness (QED) is 0.590. The molecule has 108 valence electrons. The van der Waals surface area contributed by atoms with Crippen molar-refractivity contribution in [2.75, 3.05) is 53.3 Å². The van der Waals surface area contributed by atoms with Crippen molar-refractivity contribution < 1.29 is 18.9 Å². The molecule has 5 nitrogen and oxygen atoms in total. The first-order chi connectivity index (χ1) is 8.83. The highest BCUT2D eigenvalue weighted by molar-refractivity contribution is 4.75. The molecule has 0 aliphatic carbocycles. The molecule has 18 heavy (non-hydrogen) atoms. The minimum atomic E-state index is 0.391. The van der Waals surface area contributed by atoms with Crippen LogP contribution >= 0.6 is 0 Å². The number of hydrogen-bond donors (Lipinski definition) is 1. The molecule has 0 radical (unpaired) electrons. The van der Waals surface area contributed by atoms with Crippen LogP contribution in [0.3, 0.4) is 0 Å². The molecule has 0 saturated carbocycles. The highest BCUT2D eigenvalue weighted by Gasteiger charge is 2.18. The summed E-state index contributed by atoms with van der Waals surface area (Å²) in [4.78, 5) is 0. The minimum absolute atomic E-state index is 0.391. The lowest BCUT2D eigenvalue weighted by Gasteiger charge is -2.27. The van der Waals surface area contributed by atoms with Crippen LogP contribution in [-0.4, -0.2) is 65.4 Å². The van der Waals surface area contributed by atoms with Crippen LogP contribution in [0.15, 0.2) is 0 Å². The van der Waals surface area contributed by atoms with Gasteiger partial charge in [-0.05, 0) is 26.3 Å². The second-order valence-electron chi connectivity index (χ2n) is 4.59. The van der Waals surface area contributed by atoms with Gasteiger partial charge in [0.15, 0.2) is 0 Å². The topological polar surface area (TPSA) is 49.0 Å². The SMILES string of the molecule is COCCOCCOCCOC1CCNC(C)C1. The number of nitrogens with one attached hydrogen (secondary N) is 1. The fraction of sp³-hybridized carbons (Fsp3) is 1.00. The van der Waals surface area contributed by atoms with Crippen molar-refractivity contribution in [1.82, 2.24) is 5.32 Å². The first-order valence-corrected chi connectivity index (χ1v) is 6.82. The molecule has 1 aliphatic heterocycles. The van der Waals surface area contributed by atoms with Gasteiger partial charge < -0.3 is 24.3 Å². The van der Waals surface area contributed by atoms with Gasteiger partial charge in [-0.2, -0.15) is 0 Å². The molecule has 2 atom stereocenters. The Labute approximate surface area is 110 Å². The molecule has 0 aromatic rings. The van der Waals surface area contributed by atoms with Crippen molar-refractivity contribution in [2.45, 2.75) is 31.9 Å². The van der Waals surface area contributed by atoms with Gasteiger partial charge in [-0.1, -0.05) is 0 Å². The molecule has 0 aromatic heterocycles. The second-order valence-corrected chi connectivity index (χ2v) is 4.59. The van der Waals surface area contributed by atoms with Gasteiger partial charge in [0.25, 0.3) is 0 Å². The zero-order valence-electron chi connectivity index (χ0n) is 11.7. The van der Waals surface area contributed by atoms with Crippen LogP contribution < -0.4 is 5.32 Å². The average molecular weight is 261 g/mol. The number of piperidine rings is 1. The lowest BCUT2D eigenvalue weighted by Crippen LogP contribution is -2.39. The predicted octanol–water partition coefficient (Wildman–Crippen LogP) is 0.823. The van der Waals surface area contributed by atoms with Crippen LogP contribution in [0.4, 0.5) is 0 Å². The fourth-order valence-corrected chi connectivity index (χ4v) is 1.98. The van der Waals surface area contributed by atoms with Gasteiger partial charge >= 0.3 is 0 Å². The van der Waals surface area contributed by atoms with Crippen LogP contribution in [0.2, 0.25) is 0 Å². The second kappa shape index (κ2) is 10.7. The molecular formula is C13H27NO4. The monoisotopic (exact) mass is 261 g/mol. The highest BCUT2D eigenvalue weighted by Crippen LogP contribution is 2.11. The lowest BCUT2D eigenvalue weighted by atomic mass is 10.0. The average Bonchev–Trinajstić information content (AvgIpc) is 2.37. The maximum absolute atomic E-state index is 5.77. The molecule has 1 N–H and O–H groups in total. The summed E-state index contributed by atoms with van der Waals surface area (Å²) >= 11 is 0. The van der Waals surface area contributed by atoms with E-state index in [2.05, 4.69) is 12.2 Å². The molecule has 0 amide bonds. The van der Waals surface area contributed by atoms with Gasteiger partial charge in [0, 0.05) is 13.2 Å². The number of rotatable bonds is 10. The van der Waals surface area contributed by atoms with E-state index in [0.717, 1.165) is 19.4 Å². The predicted molar refractivity (Wildman–Crippen MR) is 70.0 cm³/mol. The third-order valence-corrected chi connectivity index (χ3v) is 2.96. The van der Waals surface area contributed by atoms with Crippen molar-refractivity contribution in [2.24, 2.45) is 0 Å². The Bertz CT molecular complexity index is 192. The summed E-state index contributed by atoms with van der Waals surface area (Å²) in [6, 6.07) is 0.568. The maximum Gasteiger partial charge on any atom is 0.0704 e. The minimum Gasteiger partial charge on any atom is -0.382 e. The van der Waals surface area contributed by atoms with Gasteiger partial charge in [-0.25, -0.2) is 0 Å². The van der Waals surface area contributed by atoms with E-state index in [0.29, 0.717) is 51.8 Å². The van der Waals surface area contributed by atoms with Crippen molar-refractivity contribution in [3.8, 4) is 0 Å². The van der Waals surface area contributed by atoms with Crippen molar-refractivity contribution in [1.29, 1.82) is 0 Å². The molecule has 1 aliphatic rings. The van der Waals surface area contributed by atoms with Gasteiger partial charge in [-0.3, -0.25) is 0 Å². The Hall–Kier alpha value is -0.200. The molecule has 0 spiro atoms. The standard InChI is InChI=1S/C13H27NO4/c1-12-11-13(3-4-14-12)18-10-9-17-8-7-16-6-5-15-2/h12-14H,3-11H2,1-2H3. The number of ether oxygens (including phenoxy) is 4. The van der Waals surface area contributed by atoms with Crippen LogP contribution in [-0.2, 0) is 18.9 Å². The van der Waals surface area contributed by atoms with E-state index in [1.807, 2.05) is 0 Å². The number of hydrogen-bond acceptors (Lipinski definition) is 5. The first-order valence-electron chi connectivity index (χ1n) is 6.82. The Balaban J connectivity index is 1.80. The van der Waals surface area contributed by atoms with Crippen LogP contribution in [0.25, 0.3) is 0 Å². The highest BCUT2D eigenvalue weighted by atomic mass is 16.6. The molecule has 0 aromatic carbocycles. The first kappa shape index (κ1) is 15.9. The summed E-state index contributed by atoms with van der Waals surface area (Å²) in [5, 5.41) is 3.41. The van der Waals surface area contributed by atoms with Gasteiger partial charge in [0.1, 0.15) is 0 Å². The van der Waals surface area contributed by atoms with Gasteiger partial charge in [0.2, 0.25) is 0 Å². The Morgan fingerprint density at radius 2 is 1.67 bits per heavy atom. The molecule has 2 unspecified atom stereocenters. The third-order valence-electron chi connectivity index (χ3n) is 2.96. The summed E-state index contributed by atoms with van der Waals surface area (Å²) in [5.74, 6) is 0. The molecular weight excluding hydrogens is 234 g/mol. The van der Waals surface area contributed by atoms with Crippen molar-refractivity contribution in [3.63, 3.8) is 0 Å². The summed E-state index contributed by atoms with van der Waals surface area (Å²) in [6.45, 7) is 7.08. The summed E-state index contributed by atoms with van der Waals surface area (Å²) < 4.78 is 21.4. The molecule has 1 rings (SSSR count). The third kappa shape index (κ3) is 8.00. The van der Waals surface area contributed by atoms with E-state index in [1.54, 1.807) is 7.11 Å². The van der Waals surface area contributed by atoms with Crippen molar-refractivity contribution >= 4 is 0 Å². The Kier molecular flexibility index (Phi) is 9.42. The summed E-state index contributed by atoms with van der Waals surface area (Å²) in [6.07, 6.45) is 2.59. The maximum atomic E-state index is 5.77. The van der Waals surface area contributed by atoms with E-state index in [4.69, 9.17) is 18.9 Å². The van der Waals surface area contributed by atoms with Gasteiger partial charge in [0.05, 0.1) is 45.7 Å². The normalized spacial score (nSPS) is 24.3. The lowest BCUT2D eigenvalue weighted by molar-refractivity contribution is -0.0269. The summed E-state index contributed by atoms with van der Waals surface area (Å²) in [7, 11) is 1.67. The molecule has 1 fully saturated rings. The van der Waals surface area contributed by atoms with E-state index in [-0.39, 0.29) is 0 Å². The van der Waals surface area contributed by atoms with E-state index < -0.39 is 0 Å².